The van der Waals surface area contributed by atoms with Crippen molar-refractivity contribution < 1.29 is 9.90 Å². The second-order valence-corrected chi connectivity index (χ2v) is 7.50. The molecule has 6 nitrogen and oxygen atoms in total. The molecule has 1 aromatic heterocycles. The molecule has 1 unspecified atom stereocenters. The van der Waals surface area contributed by atoms with Crippen molar-refractivity contribution in [1.82, 2.24) is 19.7 Å². The van der Waals surface area contributed by atoms with Crippen LogP contribution in [0.4, 0.5) is 0 Å². The summed E-state index contributed by atoms with van der Waals surface area (Å²) in [4.78, 5) is 14.4. The van der Waals surface area contributed by atoms with Crippen LogP contribution in [0.15, 0.2) is 23.1 Å². The van der Waals surface area contributed by atoms with E-state index < -0.39 is 12.0 Å². The van der Waals surface area contributed by atoms with Crippen LogP contribution in [0.1, 0.15) is 11.6 Å². The Labute approximate surface area is 153 Å². The number of benzene rings is 1. The van der Waals surface area contributed by atoms with Gasteiger partial charge in [-0.2, -0.15) is 0 Å². The van der Waals surface area contributed by atoms with Crippen LogP contribution in [-0.2, 0) is 17.9 Å². The van der Waals surface area contributed by atoms with E-state index in [9.17, 15) is 9.90 Å². The van der Waals surface area contributed by atoms with E-state index in [4.69, 9.17) is 23.2 Å². The van der Waals surface area contributed by atoms with Gasteiger partial charge in [0.15, 0.2) is 0 Å². The Bertz CT molecular complexity index is 768. The lowest BCUT2D eigenvalue weighted by Gasteiger charge is -2.33. The molecule has 0 saturated carbocycles. The first-order valence-electron chi connectivity index (χ1n) is 7.39. The fourth-order valence-corrected chi connectivity index (χ4v) is 4.17. The summed E-state index contributed by atoms with van der Waals surface area (Å²) in [7, 11) is 0. The summed E-state index contributed by atoms with van der Waals surface area (Å²) in [5.41, 5.74) is 0. The lowest BCUT2D eigenvalue weighted by Crippen LogP contribution is -2.48. The van der Waals surface area contributed by atoms with Crippen LogP contribution in [0.25, 0.3) is 0 Å². The van der Waals surface area contributed by atoms with Crippen molar-refractivity contribution in [1.29, 1.82) is 0 Å². The maximum atomic E-state index is 11.6. The summed E-state index contributed by atoms with van der Waals surface area (Å²) in [5, 5.41) is 19.0. The summed E-state index contributed by atoms with van der Waals surface area (Å²) in [6, 6.07) is 4.74. The summed E-state index contributed by atoms with van der Waals surface area (Å²) in [6.45, 7) is 3.28. The number of aromatic nitrogens is 3. The number of aliphatic carboxylic acids is 1. The molecule has 1 atom stereocenters. The lowest BCUT2D eigenvalue weighted by atomic mass is 10.2. The highest BCUT2D eigenvalue weighted by Crippen LogP contribution is 2.30. The molecule has 1 aliphatic heterocycles. The third kappa shape index (κ3) is 3.69. The molecule has 1 N–H and O–H groups in total. The Morgan fingerprint density at radius 1 is 1.42 bits per heavy atom. The third-order valence-electron chi connectivity index (χ3n) is 3.97. The van der Waals surface area contributed by atoms with E-state index in [2.05, 4.69) is 10.2 Å². The zero-order valence-electron chi connectivity index (χ0n) is 12.9. The van der Waals surface area contributed by atoms with Crippen LogP contribution < -0.4 is 0 Å². The van der Waals surface area contributed by atoms with E-state index in [1.165, 1.54) is 0 Å². The molecular formula is C15H16Cl2N4O2S. The molecule has 0 bridgehead atoms. The summed E-state index contributed by atoms with van der Waals surface area (Å²) in [6.07, 6.45) is 0. The number of carboxylic acids is 1. The average molecular weight is 387 g/mol. The number of carbonyl (C=O) groups is 1. The standard InChI is InChI=1S/C15H16Cl2N4O2S/c1-9-18-19-14-8-20(12(15(22)23)7-21(9)14)4-5-24-13-6-10(16)2-3-11(13)17/h2-3,6,12H,4-5,7-8H2,1H3,(H,22,23). The number of nitrogens with zero attached hydrogens (tertiary/aromatic N) is 4. The van der Waals surface area contributed by atoms with Gasteiger partial charge >= 0.3 is 5.97 Å². The SMILES string of the molecule is Cc1nnc2n1CC(C(=O)O)N(CCSc1cc(Cl)ccc1Cl)C2. The molecule has 3 rings (SSSR count). The normalized spacial score (nSPS) is 17.7. The summed E-state index contributed by atoms with van der Waals surface area (Å²) in [5.74, 6) is 1.42. The van der Waals surface area contributed by atoms with Gasteiger partial charge in [0.25, 0.3) is 0 Å². The first-order chi connectivity index (χ1) is 11.5. The van der Waals surface area contributed by atoms with E-state index in [0.717, 1.165) is 16.5 Å². The maximum absolute atomic E-state index is 11.6. The van der Waals surface area contributed by atoms with E-state index >= 15 is 0 Å². The zero-order chi connectivity index (χ0) is 17.3. The molecule has 0 fully saturated rings. The Morgan fingerprint density at radius 2 is 2.21 bits per heavy atom. The van der Waals surface area contributed by atoms with Crippen molar-refractivity contribution in [3.8, 4) is 0 Å². The highest BCUT2D eigenvalue weighted by Gasteiger charge is 2.33. The number of halogens is 2. The number of carboxylic acid groups (broad SMARTS) is 1. The molecular weight excluding hydrogens is 371 g/mol. The molecule has 0 saturated heterocycles. The molecule has 0 radical (unpaired) electrons. The van der Waals surface area contributed by atoms with Gasteiger partial charge in [0.2, 0.25) is 0 Å². The van der Waals surface area contributed by atoms with Crippen molar-refractivity contribution in [3.63, 3.8) is 0 Å². The number of hydrogen-bond donors (Lipinski definition) is 1. The zero-order valence-corrected chi connectivity index (χ0v) is 15.3. The van der Waals surface area contributed by atoms with Gasteiger partial charge in [0, 0.05) is 22.2 Å². The van der Waals surface area contributed by atoms with Gasteiger partial charge in [-0.3, -0.25) is 9.69 Å². The molecule has 128 valence electrons. The van der Waals surface area contributed by atoms with E-state index in [-0.39, 0.29) is 0 Å². The van der Waals surface area contributed by atoms with Crippen molar-refractivity contribution in [3.05, 3.63) is 39.9 Å². The number of aryl methyl sites for hydroxylation is 1. The second kappa shape index (κ2) is 7.31. The van der Waals surface area contributed by atoms with Gasteiger partial charge in [-0.25, -0.2) is 0 Å². The molecule has 1 aliphatic rings. The molecule has 1 aromatic carbocycles. The molecule has 2 heterocycles. The van der Waals surface area contributed by atoms with E-state index in [1.54, 1.807) is 23.9 Å². The molecule has 24 heavy (non-hydrogen) atoms. The van der Waals surface area contributed by atoms with Crippen molar-refractivity contribution in [2.75, 3.05) is 12.3 Å². The number of hydrogen-bond acceptors (Lipinski definition) is 5. The molecule has 0 aliphatic carbocycles. The Morgan fingerprint density at radius 3 is 2.96 bits per heavy atom. The number of rotatable bonds is 5. The predicted octanol–water partition coefficient (Wildman–Crippen LogP) is 2.95. The van der Waals surface area contributed by atoms with Crippen molar-refractivity contribution in [2.45, 2.75) is 31.0 Å². The van der Waals surface area contributed by atoms with E-state index in [1.807, 2.05) is 22.5 Å². The van der Waals surface area contributed by atoms with Crippen LogP contribution in [-0.4, -0.2) is 49.1 Å². The van der Waals surface area contributed by atoms with Gasteiger partial charge in [-0.05, 0) is 25.1 Å². The van der Waals surface area contributed by atoms with Gasteiger partial charge in [-0.15, -0.1) is 22.0 Å². The largest absolute Gasteiger partial charge is 0.480 e. The van der Waals surface area contributed by atoms with E-state index in [0.29, 0.717) is 35.4 Å². The lowest BCUT2D eigenvalue weighted by molar-refractivity contribution is -0.144. The van der Waals surface area contributed by atoms with Crippen LogP contribution in [0.2, 0.25) is 10.0 Å². The predicted molar refractivity (Wildman–Crippen MR) is 93.8 cm³/mol. The quantitative estimate of drug-likeness (QED) is 0.796. The van der Waals surface area contributed by atoms with Crippen LogP contribution >= 0.6 is 35.0 Å². The minimum atomic E-state index is -0.834. The maximum Gasteiger partial charge on any atom is 0.322 e. The molecule has 0 amide bonds. The highest BCUT2D eigenvalue weighted by atomic mass is 35.5. The minimum absolute atomic E-state index is 0.367. The monoisotopic (exact) mass is 386 g/mol. The third-order valence-corrected chi connectivity index (χ3v) is 5.68. The average Bonchev–Trinajstić information content (AvgIpc) is 2.90. The fraction of sp³-hybridized carbons (Fsp3) is 0.400. The summed E-state index contributed by atoms with van der Waals surface area (Å²) < 4.78 is 1.87. The Balaban J connectivity index is 1.67. The second-order valence-electron chi connectivity index (χ2n) is 5.52. The van der Waals surface area contributed by atoms with Crippen LogP contribution in [0.5, 0.6) is 0 Å². The molecule has 0 spiro atoms. The Hall–Kier alpha value is -1.28. The van der Waals surface area contributed by atoms with Gasteiger partial charge in [0.1, 0.15) is 17.7 Å². The summed E-state index contributed by atoms with van der Waals surface area (Å²) >= 11 is 13.7. The topological polar surface area (TPSA) is 71.2 Å². The Kier molecular flexibility index (Phi) is 5.34. The highest BCUT2D eigenvalue weighted by molar-refractivity contribution is 7.99. The first-order valence-corrected chi connectivity index (χ1v) is 9.13. The number of thioether (sulfide) groups is 1. The van der Waals surface area contributed by atoms with Gasteiger partial charge in [0.05, 0.1) is 18.1 Å². The van der Waals surface area contributed by atoms with Crippen LogP contribution in [0.3, 0.4) is 0 Å². The van der Waals surface area contributed by atoms with Crippen molar-refractivity contribution >= 4 is 40.9 Å². The van der Waals surface area contributed by atoms with Crippen LogP contribution in [0, 0.1) is 6.92 Å². The molecule has 9 heteroatoms. The first kappa shape index (κ1) is 17.5. The number of fused-ring (bicyclic) bond motifs is 1. The van der Waals surface area contributed by atoms with Crippen molar-refractivity contribution in [2.24, 2.45) is 0 Å². The van der Waals surface area contributed by atoms with Gasteiger partial charge in [-0.1, -0.05) is 23.2 Å². The fourth-order valence-electron chi connectivity index (χ4n) is 2.69. The minimum Gasteiger partial charge on any atom is -0.480 e. The molecule has 2 aromatic rings. The smallest absolute Gasteiger partial charge is 0.322 e. The van der Waals surface area contributed by atoms with Gasteiger partial charge < -0.3 is 9.67 Å².